The predicted molar refractivity (Wildman–Crippen MR) is 79.6 cm³/mol. The highest BCUT2D eigenvalue weighted by Crippen LogP contribution is 2.59. The Morgan fingerprint density at radius 3 is 2.26 bits per heavy atom. The van der Waals surface area contributed by atoms with Crippen LogP contribution in [0.2, 0.25) is 0 Å². The molecule has 2 aliphatic carbocycles. The molecule has 0 aromatic carbocycles. The van der Waals surface area contributed by atoms with Crippen LogP contribution in [0.15, 0.2) is 34.0 Å². The first kappa shape index (κ1) is 14.2. The number of hydrogen-bond donors (Lipinski definition) is 1. The van der Waals surface area contributed by atoms with Crippen molar-refractivity contribution in [2.75, 3.05) is 0 Å². The van der Waals surface area contributed by atoms with Gasteiger partial charge in [0, 0.05) is 0 Å². The van der Waals surface area contributed by atoms with Gasteiger partial charge in [0.05, 0.1) is 18.1 Å². The summed E-state index contributed by atoms with van der Waals surface area (Å²) in [5, 5.41) is 0.910. The number of nitrogens with zero attached hydrogens (tertiary/aromatic N) is 1. The summed E-state index contributed by atoms with van der Waals surface area (Å²) >= 11 is 0. The van der Waals surface area contributed by atoms with Crippen molar-refractivity contribution in [2.45, 2.75) is 26.7 Å². The molecule has 3 amide bonds. The van der Waals surface area contributed by atoms with Gasteiger partial charge >= 0.3 is 5.91 Å². The lowest BCUT2D eigenvalue weighted by atomic mass is 9.81. The minimum atomic E-state index is -0.577. The number of hydrazine groups is 1. The van der Waals surface area contributed by atoms with Crippen molar-refractivity contribution in [3.8, 4) is 0 Å². The second kappa shape index (κ2) is 4.81. The molecule has 0 radical (unpaired) electrons. The Morgan fingerprint density at radius 2 is 1.78 bits per heavy atom. The van der Waals surface area contributed by atoms with Crippen molar-refractivity contribution in [2.24, 2.45) is 23.7 Å². The number of imide groups is 1. The number of rotatable bonds is 2. The molecule has 4 atom stereocenters. The third kappa shape index (κ3) is 1.84. The molecule has 1 aliphatic heterocycles. The maximum absolute atomic E-state index is 12.7. The number of amides is 3. The molecule has 0 unspecified atom stereocenters. The Balaban J connectivity index is 1.61. The molecule has 4 rings (SSSR count). The second-order valence-electron chi connectivity index (χ2n) is 6.73. The number of allylic oxidation sites excluding steroid dienone is 2. The highest BCUT2D eigenvalue weighted by atomic mass is 16.3. The van der Waals surface area contributed by atoms with Gasteiger partial charge in [-0.15, -0.1) is 0 Å². The first-order chi connectivity index (χ1) is 11.0. The Morgan fingerprint density at radius 1 is 1.17 bits per heavy atom. The van der Waals surface area contributed by atoms with Gasteiger partial charge in [0.15, 0.2) is 5.76 Å². The van der Waals surface area contributed by atoms with Crippen molar-refractivity contribution in [1.82, 2.24) is 10.4 Å². The van der Waals surface area contributed by atoms with Gasteiger partial charge in [-0.05, 0) is 50.7 Å². The summed E-state index contributed by atoms with van der Waals surface area (Å²) in [6.45, 7) is 4.10. The van der Waals surface area contributed by atoms with E-state index in [2.05, 4.69) is 5.43 Å². The maximum atomic E-state index is 12.7. The van der Waals surface area contributed by atoms with Crippen LogP contribution in [0.3, 0.4) is 0 Å². The van der Waals surface area contributed by atoms with Crippen LogP contribution in [0.4, 0.5) is 0 Å². The minimum Gasteiger partial charge on any atom is -0.459 e. The molecule has 2 bridgehead atoms. The first-order valence-electron chi connectivity index (χ1n) is 7.90. The number of carbonyl (C=O) groups excluding carboxylic acids is 3. The van der Waals surface area contributed by atoms with E-state index in [4.69, 9.17) is 4.42 Å². The molecular weight excluding hydrogens is 296 g/mol. The van der Waals surface area contributed by atoms with E-state index in [0.29, 0.717) is 0 Å². The van der Waals surface area contributed by atoms with Gasteiger partial charge < -0.3 is 4.42 Å². The van der Waals surface area contributed by atoms with Crippen LogP contribution in [-0.2, 0) is 9.59 Å². The summed E-state index contributed by atoms with van der Waals surface area (Å²) in [6.07, 6.45) is 3.27. The molecule has 2 saturated carbocycles. The average molecular weight is 314 g/mol. The zero-order valence-electron chi connectivity index (χ0n) is 13.0. The molecule has 1 saturated heterocycles. The van der Waals surface area contributed by atoms with E-state index in [0.717, 1.165) is 17.9 Å². The van der Waals surface area contributed by atoms with E-state index in [-0.39, 0.29) is 41.2 Å². The summed E-state index contributed by atoms with van der Waals surface area (Å²) in [4.78, 5) is 37.5. The molecule has 3 aliphatic rings. The van der Waals surface area contributed by atoms with E-state index in [9.17, 15) is 14.4 Å². The molecule has 23 heavy (non-hydrogen) atoms. The summed E-state index contributed by atoms with van der Waals surface area (Å²) in [7, 11) is 0. The molecule has 1 aromatic heterocycles. The zero-order valence-corrected chi connectivity index (χ0v) is 13.0. The van der Waals surface area contributed by atoms with Crippen LogP contribution in [-0.4, -0.2) is 22.7 Å². The third-order valence-corrected chi connectivity index (χ3v) is 5.39. The monoisotopic (exact) mass is 314 g/mol. The number of nitrogens with one attached hydrogen (secondary N) is 1. The van der Waals surface area contributed by atoms with Crippen molar-refractivity contribution in [3.63, 3.8) is 0 Å². The molecule has 1 N–H and O–H groups in total. The SMILES string of the molecule is CC(C)=C1[C@H]2CC[C@H]1[C@@H]1C(=O)N(NC(=O)c3ccco3)C(=O)[C@H]12. The van der Waals surface area contributed by atoms with Crippen LogP contribution in [0.5, 0.6) is 0 Å². The van der Waals surface area contributed by atoms with E-state index < -0.39 is 5.91 Å². The Labute approximate surface area is 133 Å². The normalized spacial score (nSPS) is 31.7. The van der Waals surface area contributed by atoms with Crippen molar-refractivity contribution < 1.29 is 18.8 Å². The van der Waals surface area contributed by atoms with E-state index in [1.165, 1.54) is 23.5 Å². The lowest BCUT2D eigenvalue weighted by Crippen LogP contribution is -2.47. The largest absolute Gasteiger partial charge is 0.459 e. The number of hydrogen-bond acceptors (Lipinski definition) is 4. The fraction of sp³-hybridized carbons (Fsp3) is 0.471. The van der Waals surface area contributed by atoms with Crippen molar-refractivity contribution in [1.29, 1.82) is 0 Å². The molecule has 6 nitrogen and oxygen atoms in total. The number of carbonyl (C=O) groups is 3. The van der Waals surface area contributed by atoms with Gasteiger partial charge in [-0.3, -0.25) is 19.8 Å². The van der Waals surface area contributed by atoms with Crippen molar-refractivity contribution >= 4 is 17.7 Å². The Kier molecular flexibility index (Phi) is 2.98. The lowest BCUT2D eigenvalue weighted by molar-refractivity contribution is -0.143. The second-order valence-corrected chi connectivity index (χ2v) is 6.73. The van der Waals surface area contributed by atoms with Gasteiger partial charge in [0.25, 0.3) is 11.8 Å². The zero-order chi connectivity index (χ0) is 16.3. The molecular formula is C17H18N2O4. The van der Waals surface area contributed by atoms with Crippen LogP contribution < -0.4 is 5.43 Å². The summed E-state index contributed by atoms with van der Waals surface area (Å²) in [6, 6.07) is 3.07. The summed E-state index contributed by atoms with van der Waals surface area (Å²) < 4.78 is 5.00. The van der Waals surface area contributed by atoms with Gasteiger partial charge in [-0.1, -0.05) is 11.1 Å². The standard InChI is InChI=1S/C17H18N2O4/c1-8(2)12-9-5-6-10(12)14-13(9)16(21)19(17(14)22)18-15(20)11-4-3-7-23-11/h3-4,7,9-10,13-14H,5-6H2,1-2H3,(H,18,20)/t9-,10-,13+,14+/m1/s1. The van der Waals surface area contributed by atoms with Crippen LogP contribution in [0.1, 0.15) is 37.2 Å². The van der Waals surface area contributed by atoms with E-state index in [1.807, 2.05) is 13.8 Å². The third-order valence-electron chi connectivity index (χ3n) is 5.39. The highest BCUT2D eigenvalue weighted by molar-refractivity contribution is 6.08. The topological polar surface area (TPSA) is 79.6 Å². The molecule has 6 heteroatoms. The Bertz CT molecular complexity index is 698. The smallest absolute Gasteiger partial charge is 0.305 e. The summed E-state index contributed by atoms with van der Waals surface area (Å²) in [5.74, 6) is -1.40. The lowest BCUT2D eigenvalue weighted by Gasteiger charge is -2.19. The average Bonchev–Trinajstić information content (AvgIpc) is 3.26. The highest BCUT2D eigenvalue weighted by Gasteiger charge is 2.63. The molecule has 3 fully saturated rings. The number of furan rings is 1. The first-order valence-corrected chi connectivity index (χ1v) is 7.90. The maximum Gasteiger partial charge on any atom is 0.305 e. The van der Waals surface area contributed by atoms with E-state index >= 15 is 0 Å². The van der Waals surface area contributed by atoms with E-state index in [1.54, 1.807) is 6.07 Å². The minimum absolute atomic E-state index is 0.0793. The number of fused-ring (bicyclic) bond motifs is 5. The predicted octanol–water partition coefficient (Wildman–Crippen LogP) is 1.90. The summed E-state index contributed by atoms with van der Waals surface area (Å²) in [5.41, 5.74) is 4.92. The Hall–Kier alpha value is -2.37. The molecule has 2 heterocycles. The van der Waals surface area contributed by atoms with Gasteiger partial charge in [-0.2, -0.15) is 5.01 Å². The van der Waals surface area contributed by atoms with Gasteiger partial charge in [0.1, 0.15) is 0 Å². The van der Waals surface area contributed by atoms with Gasteiger partial charge in [0.2, 0.25) is 0 Å². The van der Waals surface area contributed by atoms with Crippen molar-refractivity contribution in [3.05, 3.63) is 35.3 Å². The quantitative estimate of drug-likeness (QED) is 0.668. The van der Waals surface area contributed by atoms with Crippen LogP contribution >= 0.6 is 0 Å². The molecule has 1 aromatic rings. The molecule has 0 spiro atoms. The fourth-order valence-corrected chi connectivity index (χ4v) is 4.67. The van der Waals surface area contributed by atoms with Gasteiger partial charge in [-0.25, -0.2) is 0 Å². The fourth-order valence-electron chi connectivity index (χ4n) is 4.67. The molecule has 120 valence electrons. The van der Waals surface area contributed by atoms with Crippen LogP contribution in [0, 0.1) is 23.7 Å². The van der Waals surface area contributed by atoms with Crippen LogP contribution in [0.25, 0.3) is 0 Å².